The predicted molar refractivity (Wildman–Crippen MR) is 79.1 cm³/mol. The molecule has 0 aromatic heterocycles. The second-order valence-electron chi connectivity index (χ2n) is 5.91. The number of phenolic OH excluding ortho intramolecular Hbond substituents is 1. The summed E-state index contributed by atoms with van der Waals surface area (Å²) < 4.78 is 0. The fourth-order valence-corrected chi connectivity index (χ4v) is 3.88. The van der Waals surface area contributed by atoms with Crippen molar-refractivity contribution in [3.05, 3.63) is 28.8 Å². The summed E-state index contributed by atoms with van der Waals surface area (Å²) in [6, 6.07) is 5.09. The molecule has 0 bridgehead atoms. The van der Waals surface area contributed by atoms with Crippen molar-refractivity contribution in [2.24, 2.45) is 5.92 Å². The smallest absolute Gasteiger partial charge is 0.257 e. The minimum Gasteiger partial charge on any atom is -0.507 e. The largest absolute Gasteiger partial charge is 0.507 e. The lowest BCUT2D eigenvalue weighted by Crippen LogP contribution is -2.39. The van der Waals surface area contributed by atoms with Crippen LogP contribution >= 0.6 is 11.6 Å². The van der Waals surface area contributed by atoms with E-state index in [1.807, 2.05) is 4.90 Å². The first kappa shape index (κ1) is 13.7. The van der Waals surface area contributed by atoms with Gasteiger partial charge in [-0.05, 0) is 49.8 Å². The topological polar surface area (TPSA) is 40.5 Å². The molecule has 1 aromatic rings. The molecule has 1 amide bonds. The van der Waals surface area contributed by atoms with Gasteiger partial charge < -0.3 is 10.0 Å². The first-order chi connectivity index (χ1) is 9.66. The third-order valence-corrected chi connectivity index (χ3v) is 4.93. The van der Waals surface area contributed by atoms with Gasteiger partial charge in [0.05, 0.1) is 5.56 Å². The number of hydrogen-bond acceptors (Lipinski definition) is 2. The van der Waals surface area contributed by atoms with E-state index < -0.39 is 0 Å². The molecular formula is C16H20ClNO2. The van der Waals surface area contributed by atoms with Crippen molar-refractivity contribution in [3.63, 3.8) is 0 Å². The van der Waals surface area contributed by atoms with Gasteiger partial charge in [-0.15, -0.1) is 0 Å². The zero-order chi connectivity index (χ0) is 14.1. The molecule has 20 heavy (non-hydrogen) atoms. The number of nitrogens with zero attached hydrogens (tertiary/aromatic N) is 1. The quantitative estimate of drug-likeness (QED) is 0.900. The Morgan fingerprint density at radius 2 is 1.95 bits per heavy atom. The number of benzene rings is 1. The van der Waals surface area contributed by atoms with Gasteiger partial charge in [-0.1, -0.05) is 24.4 Å². The second-order valence-corrected chi connectivity index (χ2v) is 6.35. The van der Waals surface area contributed by atoms with Gasteiger partial charge in [0.2, 0.25) is 0 Å². The lowest BCUT2D eigenvalue weighted by molar-refractivity contribution is 0.0686. The molecule has 3 nitrogen and oxygen atoms in total. The average molecular weight is 294 g/mol. The van der Waals surface area contributed by atoms with Crippen molar-refractivity contribution >= 4 is 17.5 Å². The molecule has 108 valence electrons. The predicted octanol–water partition coefficient (Wildman–Crippen LogP) is 3.84. The van der Waals surface area contributed by atoms with Crippen molar-refractivity contribution in [2.45, 2.75) is 44.6 Å². The molecule has 3 rings (SSSR count). The summed E-state index contributed by atoms with van der Waals surface area (Å²) in [4.78, 5) is 14.6. The van der Waals surface area contributed by atoms with Crippen LogP contribution in [-0.4, -0.2) is 28.5 Å². The van der Waals surface area contributed by atoms with Crippen LogP contribution in [0.2, 0.25) is 5.02 Å². The van der Waals surface area contributed by atoms with Crippen molar-refractivity contribution in [1.29, 1.82) is 0 Å². The summed E-state index contributed by atoms with van der Waals surface area (Å²) in [5, 5.41) is 10.4. The highest BCUT2D eigenvalue weighted by molar-refractivity contribution is 6.30. The van der Waals surface area contributed by atoms with E-state index in [2.05, 4.69) is 0 Å². The van der Waals surface area contributed by atoms with Crippen molar-refractivity contribution < 1.29 is 9.90 Å². The summed E-state index contributed by atoms with van der Waals surface area (Å²) in [5.74, 6) is 0.587. The van der Waals surface area contributed by atoms with Crippen LogP contribution in [0.1, 0.15) is 48.9 Å². The molecule has 1 N–H and O–H groups in total. The Morgan fingerprint density at radius 3 is 2.65 bits per heavy atom. The molecule has 1 saturated carbocycles. The van der Waals surface area contributed by atoms with Crippen molar-refractivity contribution in [1.82, 2.24) is 4.90 Å². The number of likely N-dealkylation sites (tertiary alicyclic amines) is 1. The molecule has 1 aromatic carbocycles. The molecule has 4 heteroatoms. The van der Waals surface area contributed by atoms with Crippen LogP contribution in [0.25, 0.3) is 0 Å². The summed E-state index contributed by atoms with van der Waals surface area (Å²) >= 11 is 5.83. The van der Waals surface area contributed by atoms with Crippen LogP contribution in [0.4, 0.5) is 0 Å². The number of halogens is 1. The normalized spacial score (nSPS) is 23.4. The van der Waals surface area contributed by atoms with Crippen LogP contribution < -0.4 is 0 Å². The molecule has 2 fully saturated rings. The minimum absolute atomic E-state index is 0.0143. The van der Waals surface area contributed by atoms with Crippen LogP contribution in [0.3, 0.4) is 0 Å². The Labute approximate surface area is 124 Å². The SMILES string of the molecule is O=C(c1ccc(Cl)cc1O)N1CCCC1C1CCCC1. The Balaban J connectivity index is 1.81. The highest BCUT2D eigenvalue weighted by atomic mass is 35.5. The molecule has 2 aliphatic rings. The molecule has 1 saturated heterocycles. The average Bonchev–Trinajstić information content (AvgIpc) is 3.09. The van der Waals surface area contributed by atoms with Crippen LogP contribution in [0, 0.1) is 5.92 Å². The molecule has 1 heterocycles. The Bertz CT molecular complexity index is 511. The molecule has 0 radical (unpaired) electrons. The van der Waals surface area contributed by atoms with E-state index in [4.69, 9.17) is 11.6 Å². The fraction of sp³-hybridized carbons (Fsp3) is 0.562. The van der Waals surface area contributed by atoms with Crippen LogP contribution in [0.5, 0.6) is 5.75 Å². The van der Waals surface area contributed by atoms with Crippen molar-refractivity contribution in [3.8, 4) is 5.75 Å². The van der Waals surface area contributed by atoms with Gasteiger partial charge in [-0.3, -0.25) is 4.79 Å². The van der Waals surface area contributed by atoms with Gasteiger partial charge in [-0.25, -0.2) is 0 Å². The highest BCUT2D eigenvalue weighted by Gasteiger charge is 2.36. The Morgan fingerprint density at radius 1 is 1.20 bits per heavy atom. The zero-order valence-electron chi connectivity index (χ0n) is 11.5. The van der Waals surface area contributed by atoms with Gasteiger partial charge >= 0.3 is 0 Å². The van der Waals surface area contributed by atoms with Gasteiger partial charge in [0.1, 0.15) is 5.75 Å². The van der Waals surface area contributed by atoms with E-state index in [9.17, 15) is 9.90 Å². The van der Waals surface area contributed by atoms with Gasteiger partial charge in [0, 0.05) is 17.6 Å². The summed E-state index contributed by atoms with van der Waals surface area (Å²) in [6.45, 7) is 0.808. The molecule has 0 spiro atoms. The van der Waals surface area contributed by atoms with E-state index in [0.717, 1.165) is 19.4 Å². The van der Waals surface area contributed by atoms with E-state index in [0.29, 0.717) is 22.5 Å². The van der Waals surface area contributed by atoms with Crippen molar-refractivity contribution in [2.75, 3.05) is 6.54 Å². The number of aromatic hydroxyl groups is 1. The Hall–Kier alpha value is -1.22. The molecular weight excluding hydrogens is 274 g/mol. The van der Waals surface area contributed by atoms with E-state index >= 15 is 0 Å². The van der Waals surface area contributed by atoms with Gasteiger partial charge in [-0.2, -0.15) is 0 Å². The molecule has 1 unspecified atom stereocenters. The standard InChI is InChI=1S/C16H20ClNO2/c17-12-7-8-13(15(19)10-12)16(20)18-9-3-6-14(18)11-4-1-2-5-11/h7-8,10-11,14,19H,1-6,9H2. The molecule has 1 atom stereocenters. The Kier molecular flexibility index (Phi) is 3.88. The maximum atomic E-state index is 12.7. The second kappa shape index (κ2) is 5.65. The molecule has 1 aliphatic carbocycles. The van der Waals surface area contributed by atoms with Crippen LogP contribution in [-0.2, 0) is 0 Å². The summed E-state index contributed by atoms with van der Waals surface area (Å²) in [6.07, 6.45) is 7.22. The monoisotopic (exact) mass is 293 g/mol. The number of carbonyl (C=O) groups is 1. The third-order valence-electron chi connectivity index (χ3n) is 4.69. The minimum atomic E-state index is -0.0476. The third kappa shape index (κ3) is 2.51. The lowest BCUT2D eigenvalue weighted by Gasteiger charge is -2.29. The summed E-state index contributed by atoms with van der Waals surface area (Å²) in [5.41, 5.74) is 0.374. The number of carbonyl (C=O) groups excluding carboxylic acids is 1. The highest BCUT2D eigenvalue weighted by Crippen LogP contribution is 2.36. The van der Waals surface area contributed by atoms with Gasteiger partial charge in [0.15, 0.2) is 0 Å². The summed E-state index contributed by atoms with van der Waals surface area (Å²) in [7, 11) is 0. The van der Waals surface area contributed by atoms with E-state index in [1.54, 1.807) is 12.1 Å². The fourth-order valence-electron chi connectivity index (χ4n) is 3.72. The number of phenols is 1. The van der Waals surface area contributed by atoms with Gasteiger partial charge in [0.25, 0.3) is 5.91 Å². The maximum Gasteiger partial charge on any atom is 0.257 e. The van der Waals surface area contributed by atoms with E-state index in [1.165, 1.54) is 31.7 Å². The molecule has 1 aliphatic heterocycles. The lowest BCUT2D eigenvalue weighted by atomic mass is 9.95. The number of amides is 1. The van der Waals surface area contributed by atoms with E-state index in [-0.39, 0.29) is 11.7 Å². The first-order valence-electron chi connectivity index (χ1n) is 7.46. The zero-order valence-corrected chi connectivity index (χ0v) is 12.3. The number of hydrogen-bond donors (Lipinski definition) is 1. The number of rotatable bonds is 2. The first-order valence-corrected chi connectivity index (χ1v) is 7.84. The van der Waals surface area contributed by atoms with Crippen LogP contribution in [0.15, 0.2) is 18.2 Å². The maximum absolute atomic E-state index is 12.7.